The third kappa shape index (κ3) is 2.20. The molecule has 0 atom stereocenters. The Morgan fingerprint density at radius 3 is 2.88 bits per heavy atom. The van der Waals surface area contributed by atoms with Crippen molar-refractivity contribution >= 4 is 33.9 Å². The number of anilines is 1. The number of nitrogens with zero attached hydrogens (tertiary/aromatic N) is 6. The van der Waals surface area contributed by atoms with Crippen molar-refractivity contribution in [2.24, 2.45) is 7.05 Å². The minimum Gasteiger partial charge on any atom is -0.462 e. The van der Waals surface area contributed by atoms with Crippen LogP contribution in [0, 0.1) is 0 Å². The first kappa shape index (κ1) is 15.1. The van der Waals surface area contributed by atoms with E-state index in [1.807, 2.05) is 35.9 Å². The second-order valence-corrected chi connectivity index (χ2v) is 5.44. The fourth-order valence-electron chi connectivity index (χ4n) is 2.77. The van der Waals surface area contributed by atoms with E-state index in [9.17, 15) is 4.79 Å². The van der Waals surface area contributed by atoms with Gasteiger partial charge in [0.15, 0.2) is 5.65 Å². The van der Waals surface area contributed by atoms with Crippen LogP contribution in [0.15, 0.2) is 30.5 Å². The molecule has 1 aromatic carbocycles. The lowest BCUT2D eigenvalue weighted by Crippen LogP contribution is -2.11. The summed E-state index contributed by atoms with van der Waals surface area (Å²) in [6, 6.07) is 7.84. The number of para-hydroxylation sites is 1. The minimum atomic E-state index is -0.537. The summed E-state index contributed by atoms with van der Waals surface area (Å²) in [5, 5.41) is 13.4. The topological polar surface area (TPSA) is 114 Å². The number of rotatable bonds is 3. The quantitative estimate of drug-likeness (QED) is 0.563. The number of benzene rings is 1. The number of aromatic nitrogens is 6. The van der Waals surface area contributed by atoms with Crippen molar-refractivity contribution in [1.29, 1.82) is 0 Å². The highest BCUT2D eigenvalue weighted by Crippen LogP contribution is 2.25. The van der Waals surface area contributed by atoms with E-state index in [1.54, 1.807) is 6.92 Å². The summed E-state index contributed by atoms with van der Waals surface area (Å²) in [4.78, 5) is 16.4. The van der Waals surface area contributed by atoms with Gasteiger partial charge in [0, 0.05) is 12.4 Å². The Labute approximate surface area is 142 Å². The van der Waals surface area contributed by atoms with Gasteiger partial charge in [0.2, 0.25) is 0 Å². The van der Waals surface area contributed by atoms with Gasteiger partial charge in [-0.25, -0.2) is 4.79 Å². The van der Waals surface area contributed by atoms with Crippen molar-refractivity contribution in [3.8, 4) is 5.95 Å². The number of hydrogen-bond acceptors (Lipinski definition) is 7. The molecule has 0 saturated heterocycles. The Morgan fingerprint density at radius 2 is 2.08 bits per heavy atom. The molecule has 0 spiro atoms. The number of nitrogens with two attached hydrogens (primary N) is 1. The summed E-state index contributed by atoms with van der Waals surface area (Å²) >= 11 is 0. The molecule has 0 radical (unpaired) electrons. The highest BCUT2D eigenvalue weighted by atomic mass is 16.5. The Kier molecular flexibility index (Phi) is 3.34. The average molecular weight is 337 g/mol. The fraction of sp³-hybridized carbons (Fsp3) is 0.188. The van der Waals surface area contributed by atoms with E-state index in [0.717, 1.165) is 10.9 Å². The fourth-order valence-corrected chi connectivity index (χ4v) is 2.77. The molecule has 0 saturated carbocycles. The van der Waals surface area contributed by atoms with Crippen LogP contribution in [0.3, 0.4) is 0 Å². The van der Waals surface area contributed by atoms with Crippen molar-refractivity contribution in [3.05, 3.63) is 36.0 Å². The smallest absolute Gasteiger partial charge is 0.343 e. The van der Waals surface area contributed by atoms with Crippen LogP contribution in [-0.4, -0.2) is 42.1 Å². The normalized spacial score (nSPS) is 11.3. The summed E-state index contributed by atoms with van der Waals surface area (Å²) < 4.78 is 8.15. The first-order valence-electron chi connectivity index (χ1n) is 7.70. The molecule has 0 bridgehead atoms. The molecule has 3 heterocycles. The number of esters is 1. The van der Waals surface area contributed by atoms with Crippen molar-refractivity contribution in [1.82, 2.24) is 29.5 Å². The summed E-state index contributed by atoms with van der Waals surface area (Å²) in [6.07, 6.45) is 1.34. The highest BCUT2D eigenvalue weighted by Gasteiger charge is 2.20. The first-order valence-corrected chi connectivity index (χ1v) is 7.70. The molecule has 9 nitrogen and oxygen atoms in total. The lowest BCUT2D eigenvalue weighted by molar-refractivity contribution is 0.0527. The largest absolute Gasteiger partial charge is 0.462 e. The summed E-state index contributed by atoms with van der Waals surface area (Å²) in [6.45, 7) is 1.98. The molecule has 4 rings (SSSR count). The molecule has 2 N–H and O–H groups in total. The highest BCUT2D eigenvalue weighted by molar-refractivity contribution is 6.04. The van der Waals surface area contributed by atoms with E-state index < -0.39 is 5.97 Å². The second kappa shape index (κ2) is 5.55. The Balaban J connectivity index is 1.87. The molecule has 126 valence electrons. The molecular weight excluding hydrogens is 322 g/mol. The standard InChI is InChI=1S/C16H15N7O2/c1-3-25-15(24)10-8-18-23(13(10)17)16-19-14-12(20-21-16)9-6-4-5-7-11(9)22(14)2/h4-8H,3,17H2,1-2H3. The molecule has 0 aliphatic heterocycles. The monoisotopic (exact) mass is 337 g/mol. The van der Waals surface area contributed by atoms with Crippen molar-refractivity contribution < 1.29 is 9.53 Å². The Hall–Kier alpha value is -3.49. The van der Waals surface area contributed by atoms with Gasteiger partial charge in [-0.3, -0.25) is 0 Å². The molecule has 4 aromatic rings. The molecule has 0 amide bonds. The van der Waals surface area contributed by atoms with Crippen LogP contribution in [0.4, 0.5) is 5.82 Å². The third-order valence-electron chi connectivity index (χ3n) is 3.99. The number of aryl methyl sites for hydroxylation is 1. The first-order chi connectivity index (χ1) is 12.1. The van der Waals surface area contributed by atoms with Gasteiger partial charge in [0.05, 0.1) is 18.3 Å². The van der Waals surface area contributed by atoms with Gasteiger partial charge in [-0.15, -0.1) is 10.2 Å². The molecule has 0 aliphatic carbocycles. The van der Waals surface area contributed by atoms with Gasteiger partial charge in [-0.2, -0.15) is 14.8 Å². The summed E-state index contributed by atoms with van der Waals surface area (Å²) in [5.41, 5.74) is 8.52. The number of hydrogen-bond donors (Lipinski definition) is 1. The molecule has 0 unspecified atom stereocenters. The molecule has 3 aromatic heterocycles. The van der Waals surface area contributed by atoms with Crippen LogP contribution in [0.2, 0.25) is 0 Å². The number of carbonyl (C=O) groups is 1. The molecule has 25 heavy (non-hydrogen) atoms. The van der Waals surface area contributed by atoms with E-state index in [0.29, 0.717) is 11.2 Å². The van der Waals surface area contributed by atoms with Crippen LogP contribution >= 0.6 is 0 Å². The van der Waals surface area contributed by atoms with Gasteiger partial charge in [-0.05, 0) is 13.0 Å². The van der Waals surface area contributed by atoms with E-state index in [-0.39, 0.29) is 23.9 Å². The molecule has 0 aliphatic rings. The lowest BCUT2D eigenvalue weighted by Gasteiger charge is -2.03. The lowest BCUT2D eigenvalue weighted by atomic mass is 10.2. The second-order valence-electron chi connectivity index (χ2n) is 5.44. The van der Waals surface area contributed by atoms with Crippen molar-refractivity contribution in [2.45, 2.75) is 6.92 Å². The van der Waals surface area contributed by atoms with E-state index in [2.05, 4.69) is 20.3 Å². The average Bonchev–Trinajstić information content (AvgIpc) is 3.14. The van der Waals surface area contributed by atoms with Gasteiger partial charge in [-0.1, -0.05) is 18.2 Å². The molecule has 9 heteroatoms. The van der Waals surface area contributed by atoms with E-state index >= 15 is 0 Å². The number of fused-ring (bicyclic) bond motifs is 3. The predicted octanol–water partition coefficient (Wildman–Crippen LogP) is 1.46. The third-order valence-corrected chi connectivity index (χ3v) is 3.99. The van der Waals surface area contributed by atoms with Crippen LogP contribution < -0.4 is 5.73 Å². The number of ether oxygens (including phenoxy) is 1. The zero-order valence-corrected chi connectivity index (χ0v) is 13.7. The van der Waals surface area contributed by atoms with Gasteiger partial charge in [0.25, 0.3) is 5.95 Å². The Bertz CT molecular complexity index is 1110. The maximum Gasteiger partial charge on any atom is 0.343 e. The van der Waals surface area contributed by atoms with Crippen molar-refractivity contribution in [3.63, 3.8) is 0 Å². The Morgan fingerprint density at radius 1 is 1.28 bits per heavy atom. The van der Waals surface area contributed by atoms with Crippen molar-refractivity contribution in [2.75, 3.05) is 12.3 Å². The van der Waals surface area contributed by atoms with Crippen LogP contribution in [-0.2, 0) is 11.8 Å². The van der Waals surface area contributed by atoms with Gasteiger partial charge < -0.3 is 15.0 Å². The van der Waals surface area contributed by atoms with E-state index in [4.69, 9.17) is 10.5 Å². The maximum atomic E-state index is 11.9. The zero-order valence-electron chi connectivity index (χ0n) is 13.7. The number of carbonyl (C=O) groups excluding carboxylic acids is 1. The summed E-state index contributed by atoms with van der Waals surface area (Å²) in [5.74, 6) is -0.241. The number of nitrogen functional groups attached to an aromatic ring is 1. The maximum absolute atomic E-state index is 11.9. The molecular formula is C16H15N7O2. The van der Waals surface area contributed by atoms with Gasteiger partial charge in [0.1, 0.15) is 16.9 Å². The molecule has 0 fully saturated rings. The van der Waals surface area contributed by atoms with Crippen LogP contribution in [0.25, 0.3) is 28.0 Å². The van der Waals surface area contributed by atoms with Crippen LogP contribution in [0.5, 0.6) is 0 Å². The van der Waals surface area contributed by atoms with Crippen LogP contribution in [0.1, 0.15) is 17.3 Å². The van der Waals surface area contributed by atoms with E-state index in [1.165, 1.54) is 10.9 Å². The van der Waals surface area contributed by atoms with Gasteiger partial charge >= 0.3 is 5.97 Å². The minimum absolute atomic E-state index is 0.110. The SMILES string of the molecule is CCOC(=O)c1cnn(-c2nnc3c4ccccc4n(C)c3n2)c1N. The predicted molar refractivity (Wildman–Crippen MR) is 91.3 cm³/mol. The summed E-state index contributed by atoms with van der Waals surface area (Å²) in [7, 11) is 1.90. The zero-order chi connectivity index (χ0) is 17.6.